The summed E-state index contributed by atoms with van der Waals surface area (Å²) in [5.74, 6) is 0.540. The molecule has 0 aliphatic rings. The van der Waals surface area contributed by atoms with Gasteiger partial charge < -0.3 is 29.6 Å². The highest BCUT2D eigenvalue weighted by molar-refractivity contribution is 7.89. The van der Waals surface area contributed by atoms with E-state index >= 15 is 0 Å². The molecule has 1 rings (SSSR count). The van der Waals surface area contributed by atoms with Crippen molar-refractivity contribution in [1.29, 1.82) is 0 Å². The highest BCUT2D eigenvalue weighted by atomic mass is 32.2. The van der Waals surface area contributed by atoms with Gasteiger partial charge >= 0.3 is 0 Å². The molecule has 0 unspecified atom stereocenters. The van der Waals surface area contributed by atoms with Crippen molar-refractivity contribution >= 4 is 34.5 Å². The monoisotopic (exact) mass is 661 g/mol. The average molecular weight is 662 g/mol. The number of hydrogen-bond acceptors (Lipinski definition) is 9. The van der Waals surface area contributed by atoms with E-state index in [2.05, 4.69) is 23.3 Å². The number of rotatable bonds is 30. The summed E-state index contributed by atoms with van der Waals surface area (Å²) in [7, 11) is -3.78. The van der Waals surface area contributed by atoms with Crippen LogP contribution < -0.4 is 15.8 Å². The van der Waals surface area contributed by atoms with Crippen LogP contribution in [0.3, 0.4) is 0 Å². The van der Waals surface area contributed by atoms with Crippen molar-refractivity contribution in [3.05, 3.63) is 29.8 Å². The normalized spacial score (nSPS) is 11.5. The lowest BCUT2D eigenvalue weighted by molar-refractivity contribution is -0.126. The number of carbonyl (C=O) groups is 2. The van der Waals surface area contributed by atoms with E-state index in [1.165, 1.54) is 75.6 Å². The lowest BCUT2D eigenvalue weighted by Crippen LogP contribution is -2.29. The second-order valence-electron chi connectivity index (χ2n) is 10.5. The standard InChI is InChI=1S/C31H55N3O8S2/c32-44(37,38)29-15-13-28(14-16-29)31(36)34-18-10-8-9-17-33-30(35)27-42-25-24-41-23-22-40-21-20-39-19-11-6-4-2-1-3-5-7-12-26-43/h13-16,43H,1-12,17-27H2,(H,33,35)(H,34,36)(H2,32,37,38). The quantitative estimate of drug-likeness (QED) is 0.0716. The van der Waals surface area contributed by atoms with E-state index in [1.54, 1.807) is 0 Å². The molecule has 254 valence electrons. The molecule has 2 amide bonds. The highest BCUT2D eigenvalue weighted by Crippen LogP contribution is 2.10. The van der Waals surface area contributed by atoms with Crippen molar-refractivity contribution in [2.75, 3.05) is 71.7 Å². The average Bonchev–Trinajstić information content (AvgIpc) is 3.00. The molecular formula is C31H55N3O8S2. The van der Waals surface area contributed by atoms with Crippen LogP contribution in [-0.2, 0) is 33.8 Å². The van der Waals surface area contributed by atoms with E-state index in [-0.39, 0.29) is 23.3 Å². The first-order valence-corrected chi connectivity index (χ1v) is 18.1. The Labute approximate surface area is 270 Å². The van der Waals surface area contributed by atoms with Crippen LogP contribution >= 0.6 is 12.6 Å². The number of primary sulfonamides is 1. The highest BCUT2D eigenvalue weighted by Gasteiger charge is 2.10. The van der Waals surface area contributed by atoms with Crippen LogP contribution in [0.15, 0.2) is 29.2 Å². The fourth-order valence-corrected chi connectivity index (χ4v) is 4.92. The van der Waals surface area contributed by atoms with E-state index < -0.39 is 10.0 Å². The van der Waals surface area contributed by atoms with Gasteiger partial charge in [0.05, 0.1) is 44.5 Å². The lowest BCUT2D eigenvalue weighted by Gasteiger charge is -2.08. The Bertz CT molecular complexity index is 965. The van der Waals surface area contributed by atoms with E-state index in [0.717, 1.165) is 38.0 Å². The Morgan fingerprint density at radius 1 is 0.614 bits per heavy atom. The minimum atomic E-state index is -3.78. The number of unbranched alkanes of at least 4 members (excludes halogenated alkanes) is 10. The molecule has 0 saturated heterocycles. The van der Waals surface area contributed by atoms with Crippen molar-refractivity contribution in [1.82, 2.24) is 10.6 Å². The largest absolute Gasteiger partial charge is 0.379 e. The Balaban J connectivity index is 1.79. The zero-order valence-corrected chi connectivity index (χ0v) is 28.0. The number of thiol groups is 1. The first kappa shape index (κ1) is 40.3. The van der Waals surface area contributed by atoms with Crippen LogP contribution in [0, 0.1) is 0 Å². The molecule has 1 aromatic carbocycles. The zero-order chi connectivity index (χ0) is 32.1. The number of benzene rings is 1. The molecule has 13 heteroatoms. The van der Waals surface area contributed by atoms with Crippen LogP contribution in [0.5, 0.6) is 0 Å². The molecule has 0 aromatic heterocycles. The summed E-state index contributed by atoms with van der Waals surface area (Å²) in [5, 5.41) is 10.6. The van der Waals surface area contributed by atoms with Crippen molar-refractivity contribution in [3.63, 3.8) is 0 Å². The minimum Gasteiger partial charge on any atom is -0.379 e. The topological polar surface area (TPSA) is 155 Å². The van der Waals surface area contributed by atoms with E-state index in [9.17, 15) is 18.0 Å². The molecule has 0 saturated carbocycles. The second-order valence-corrected chi connectivity index (χ2v) is 12.5. The van der Waals surface area contributed by atoms with E-state index in [1.807, 2.05) is 0 Å². The first-order chi connectivity index (χ1) is 21.3. The van der Waals surface area contributed by atoms with Crippen LogP contribution in [-0.4, -0.2) is 91.9 Å². The molecule has 0 atom stereocenters. The summed E-state index contributed by atoms with van der Waals surface area (Å²) in [5.41, 5.74) is 0.359. The van der Waals surface area contributed by atoms with Crippen molar-refractivity contribution in [2.45, 2.75) is 81.9 Å². The second kappa shape index (κ2) is 27.6. The molecule has 0 heterocycles. The summed E-state index contributed by atoms with van der Waals surface area (Å²) in [6, 6.07) is 5.44. The number of nitrogens with two attached hydrogens (primary N) is 1. The number of hydrogen-bond donors (Lipinski definition) is 4. The molecule has 0 aliphatic heterocycles. The number of sulfonamides is 1. The van der Waals surface area contributed by atoms with E-state index in [4.69, 9.17) is 24.1 Å². The van der Waals surface area contributed by atoms with Crippen molar-refractivity contribution in [2.24, 2.45) is 5.14 Å². The summed E-state index contributed by atoms with van der Waals surface area (Å²) in [6.45, 7) is 4.62. The van der Waals surface area contributed by atoms with Crippen LogP contribution in [0.2, 0.25) is 0 Å². The van der Waals surface area contributed by atoms with Gasteiger partial charge in [-0.2, -0.15) is 12.6 Å². The van der Waals surface area contributed by atoms with Gasteiger partial charge in [0, 0.05) is 25.3 Å². The molecule has 0 aliphatic carbocycles. The Morgan fingerprint density at radius 3 is 1.61 bits per heavy atom. The van der Waals surface area contributed by atoms with Gasteiger partial charge in [0.2, 0.25) is 15.9 Å². The molecule has 1 aromatic rings. The minimum absolute atomic E-state index is 0.0196. The lowest BCUT2D eigenvalue weighted by atomic mass is 10.1. The molecule has 0 fully saturated rings. The molecular weight excluding hydrogens is 606 g/mol. The molecule has 0 spiro atoms. The molecule has 11 nitrogen and oxygen atoms in total. The maximum atomic E-state index is 12.1. The van der Waals surface area contributed by atoms with Gasteiger partial charge in [-0.25, -0.2) is 13.6 Å². The summed E-state index contributed by atoms with van der Waals surface area (Å²) in [6.07, 6.45) is 13.9. The maximum absolute atomic E-state index is 12.1. The SMILES string of the molecule is NS(=O)(=O)c1ccc(C(=O)NCCCCCNC(=O)COCCOCCOCCOCCCCCCCCCCCS)cc1. The summed E-state index contributed by atoms with van der Waals surface area (Å²) in [4.78, 5) is 23.9. The molecule has 4 N–H and O–H groups in total. The smallest absolute Gasteiger partial charge is 0.251 e. The van der Waals surface area contributed by atoms with Gasteiger partial charge in [0.25, 0.3) is 5.91 Å². The number of carbonyl (C=O) groups excluding carboxylic acids is 2. The number of amides is 2. The Kier molecular flexibility index (Phi) is 25.2. The predicted octanol–water partition coefficient (Wildman–Crippen LogP) is 3.86. The van der Waals surface area contributed by atoms with Gasteiger partial charge in [-0.15, -0.1) is 0 Å². The number of nitrogens with one attached hydrogen (secondary N) is 2. The van der Waals surface area contributed by atoms with Gasteiger partial charge in [-0.1, -0.05) is 44.9 Å². The summed E-state index contributed by atoms with van der Waals surface area (Å²) < 4.78 is 44.4. The van der Waals surface area contributed by atoms with Gasteiger partial charge in [0.1, 0.15) is 6.61 Å². The summed E-state index contributed by atoms with van der Waals surface area (Å²) >= 11 is 4.24. The van der Waals surface area contributed by atoms with Crippen molar-refractivity contribution in [3.8, 4) is 0 Å². The molecule has 0 bridgehead atoms. The van der Waals surface area contributed by atoms with Gasteiger partial charge in [-0.3, -0.25) is 9.59 Å². The number of ether oxygens (including phenoxy) is 4. The zero-order valence-electron chi connectivity index (χ0n) is 26.3. The van der Waals surface area contributed by atoms with Gasteiger partial charge in [0.15, 0.2) is 0 Å². The third-order valence-corrected chi connectivity index (χ3v) is 7.95. The third-order valence-electron chi connectivity index (χ3n) is 6.70. The fourth-order valence-electron chi connectivity index (χ4n) is 4.18. The van der Waals surface area contributed by atoms with Crippen LogP contribution in [0.4, 0.5) is 0 Å². The van der Waals surface area contributed by atoms with E-state index in [0.29, 0.717) is 58.3 Å². The molecule has 0 radical (unpaired) electrons. The van der Waals surface area contributed by atoms with Crippen LogP contribution in [0.25, 0.3) is 0 Å². The Hall–Kier alpha value is -1.74. The predicted molar refractivity (Wildman–Crippen MR) is 176 cm³/mol. The maximum Gasteiger partial charge on any atom is 0.251 e. The van der Waals surface area contributed by atoms with Gasteiger partial charge in [-0.05, 0) is 62.1 Å². The first-order valence-electron chi connectivity index (χ1n) is 15.9. The third kappa shape index (κ3) is 23.6. The van der Waals surface area contributed by atoms with Crippen molar-refractivity contribution < 1.29 is 37.0 Å². The Morgan fingerprint density at radius 2 is 1.07 bits per heavy atom. The fraction of sp³-hybridized carbons (Fsp3) is 0.742. The van der Waals surface area contributed by atoms with Crippen LogP contribution in [0.1, 0.15) is 87.4 Å². The molecule has 44 heavy (non-hydrogen) atoms.